The lowest BCUT2D eigenvalue weighted by Gasteiger charge is -2.37. The molecule has 0 saturated carbocycles. The van der Waals surface area contributed by atoms with Crippen LogP contribution in [0.5, 0.6) is 0 Å². The number of aryl methyl sites for hydroxylation is 1. The molecule has 0 radical (unpaired) electrons. The summed E-state index contributed by atoms with van der Waals surface area (Å²) in [7, 11) is 0. The van der Waals surface area contributed by atoms with E-state index in [-0.39, 0.29) is 11.2 Å². The first-order chi connectivity index (χ1) is 8.67. The van der Waals surface area contributed by atoms with Gasteiger partial charge in [-0.25, -0.2) is 0 Å². The summed E-state index contributed by atoms with van der Waals surface area (Å²) < 4.78 is 5.19. The molecule has 4 heteroatoms. The van der Waals surface area contributed by atoms with Crippen molar-refractivity contribution in [2.45, 2.75) is 65.8 Å². The molecule has 0 fully saturated rings. The zero-order valence-electron chi connectivity index (χ0n) is 12.7. The fraction of sp³-hybridized carbons (Fsp3) is 0.733. The summed E-state index contributed by atoms with van der Waals surface area (Å²) in [6.45, 7) is 10.0. The SMILES string of the molecule is CCCCc1cc(C(=O)CC(C)(C)C(C)(C)N)no1. The van der Waals surface area contributed by atoms with E-state index in [2.05, 4.69) is 12.1 Å². The molecule has 1 aromatic rings. The van der Waals surface area contributed by atoms with E-state index in [1.807, 2.05) is 27.7 Å². The molecule has 0 aliphatic carbocycles. The summed E-state index contributed by atoms with van der Waals surface area (Å²) in [5, 5.41) is 3.87. The van der Waals surface area contributed by atoms with Crippen LogP contribution in [0.1, 0.15) is 70.1 Å². The minimum atomic E-state index is -0.419. The Morgan fingerprint density at radius 2 is 2.00 bits per heavy atom. The van der Waals surface area contributed by atoms with Crippen molar-refractivity contribution in [3.63, 3.8) is 0 Å². The van der Waals surface area contributed by atoms with Gasteiger partial charge in [-0.05, 0) is 25.7 Å². The smallest absolute Gasteiger partial charge is 0.185 e. The van der Waals surface area contributed by atoms with Gasteiger partial charge in [0.15, 0.2) is 5.78 Å². The third kappa shape index (κ3) is 4.16. The molecule has 0 saturated heterocycles. The van der Waals surface area contributed by atoms with Crippen molar-refractivity contribution in [3.05, 3.63) is 17.5 Å². The van der Waals surface area contributed by atoms with Crippen molar-refractivity contribution in [1.82, 2.24) is 5.16 Å². The summed E-state index contributed by atoms with van der Waals surface area (Å²) in [5.74, 6) is 0.782. The molecule has 0 spiro atoms. The fourth-order valence-electron chi connectivity index (χ4n) is 1.63. The Morgan fingerprint density at radius 3 is 2.53 bits per heavy atom. The van der Waals surface area contributed by atoms with Crippen molar-refractivity contribution in [2.75, 3.05) is 0 Å². The summed E-state index contributed by atoms with van der Waals surface area (Å²) in [5.41, 5.74) is 5.83. The molecule has 0 bridgehead atoms. The highest BCUT2D eigenvalue weighted by Crippen LogP contribution is 2.33. The number of hydrogen-bond acceptors (Lipinski definition) is 4. The Morgan fingerprint density at radius 1 is 1.37 bits per heavy atom. The lowest BCUT2D eigenvalue weighted by molar-refractivity contribution is 0.0861. The van der Waals surface area contributed by atoms with E-state index in [0.29, 0.717) is 12.1 Å². The molecular weight excluding hydrogens is 240 g/mol. The third-order valence-electron chi connectivity index (χ3n) is 3.97. The Labute approximate surface area is 115 Å². The highest BCUT2D eigenvalue weighted by molar-refractivity contribution is 5.94. The number of unbranched alkanes of at least 4 members (excludes halogenated alkanes) is 1. The second kappa shape index (κ2) is 5.87. The van der Waals surface area contributed by atoms with Crippen LogP contribution in [0.2, 0.25) is 0 Å². The van der Waals surface area contributed by atoms with Crippen LogP contribution >= 0.6 is 0 Å². The minimum absolute atomic E-state index is 0.00461. The van der Waals surface area contributed by atoms with E-state index in [9.17, 15) is 4.79 Å². The number of aromatic nitrogens is 1. The van der Waals surface area contributed by atoms with Crippen molar-refractivity contribution in [1.29, 1.82) is 0 Å². The highest BCUT2D eigenvalue weighted by Gasteiger charge is 2.36. The number of Topliss-reactive ketones (excluding diaryl/α,β-unsaturated/α-hetero) is 1. The Kier molecular flexibility index (Phi) is 4.91. The van der Waals surface area contributed by atoms with Crippen molar-refractivity contribution < 1.29 is 9.32 Å². The first-order valence-corrected chi connectivity index (χ1v) is 6.95. The van der Waals surface area contributed by atoms with Crippen molar-refractivity contribution in [2.24, 2.45) is 11.1 Å². The summed E-state index contributed by atoms with van der Waals surface area (Å²) >= 11 is 0. The van der Waals surface area contributed by atoms with Crippen molar-refractivity contribution in [3.8, 4) is 0 Å². The first-order valence-electron chi connectivity index (χ1n) is 6.95. The molecular formula is C15H26N2O2. The lowest BCUT2D eigenvalue weighted by atomic mass is 9.71. The van der Waals surface area contributed by atoms with Gasteiger partial charge < -0.3 is 10.3 Å². The highest BCUT2D eigenvalue weighted by atomic mass is 16.5. The predicted molar refractivity (Wildman–Crippen MR) is 76.1 cm³/mol. The molecule has 1 aromatic heterocycles. The number of nitrogens with zero attached hydrogens (tertiary/aromatic N) is 1. The number of carbonyl (C=O) groups excluding carboxylic acids is 1. The first kappa shape index (κ1) is 15.9. The molecule has 0 aromatic carbocycles. The van der Waals surface area contributed by atoms with Gasteiger partial charge in [0.2, 0.25) is 0 Å². The maximum Gasteiger partial charge on any atom is 0.185 e. The van der Waals surface area contributed by atoms with Gasteiger partial charge in [0.1, 0.15) is 11.5 Å². The van der Waals surface area contributed by atoms with Crippen LogP contribution in [0.15, 0.2) is 10.6 Å². The molecule has 0 aliphatic heterocycles. The molecule has 2 N–H and O–H groups in total. The average molecular weight is 266 g/mol. The number of hydrogen-bond donors (Lipinski definition) is 1. The van der Waals surface area contributed by atoms with Crippen LogP contribution in [0.25, 0.3) is 0 Å². The molecule has 19 heavy (non-hydrogen) atoms. The zero-order valence-corrected chi connectivity index (χ0v) is 12.7. The van der Waals surface area contributed by atoms with Crippen LogP contribution in [-0.4, -0.2) is 16.5 Å². The third-order valence-corrected chi connectivity index (χ3v) is 3.97. The number of nitrogens with two attached hydrogens (primary N) is 1. The second-order valence-corrected chi connectivity index (χ2v) is 6.49. The van der Waals surface area contributed by atoms with Gasteiger partial charge in [0.05, 0.1) is 0 Å². The Hall–Kier alpha value is -1.16. The Bertz CT molecular complexity index is 428. The van der Waals surface area contributed by atoms with Crippen LogP contribution < -0.4 is 5.73 Å². The van der Waals surface area contributed by atoms with Gasteiger partial charge in [-0.2, -0.15) is 0 Å². The predicted octanol–water partition coefficient (Wildman–Crippen LogP) is 3.35. The molecule has 0 atom stereocenters. The fourth-order valence-corrected chi connectivity index (χ4v) is 1.63. The molecule has 0 aliphatic rings. The van der Waals surface area contributed by atoms with Crippen LogP contribution in [0, 0.1) is 5.41 Å². The molecule has 1 heterocycles. The standard InChI is InChI=1S/C15H26N2O2/c1-6-7-8-11-9-12(17-19-11)13(18)10-14(2,3)15(4,5)16/h9H,6-8,10,16H2,1-5H3. The van der Waals surface area contributed by atoms with Gasteiger partial charge in [0.25, 0.3) is 0 Å². The minimum Gasteiger partial charge on any atom is -0.361 e. The largest absolute Gasteiger partial charge is 0.361 e. The van der Waals surface area contributed by atoms with E-state index >= 15 is 0 Å². The van der Waals surface area contributed by atoms with Gasteiger partial charge >= 0.3 is 0 Å². The normalized spacial score (nSPS) is 12.7. The molecule has 1 rings (SSSR count). The molecule has 108 valence electrons. The molecule has 4 nitrogen and oxygen atoms in total. The number of carbonyl (C=O) groups is 1. The van der Waals surface area contributed by atoms with Crippen LogP contribution in [-0.2, 0) is 6.42 Å². The van der Waals surface area contributed by atoms with Crippen LogP contribution in [0.3, 0.4) is 0 Å². The van der Waals surface area contributed by atoms with Crippen LogP contribution in [0.4, 0.5) is 0 Å². The Balaban J connectivity index is 2.71. The molecule has 0 amide bonds. The van der Waals surface area contributed by atoms with E-state index in [1.165, 1.54) is 0 Å². The number of rotatable bonds is 7. The second-order valence-electron chi connectivity index (χ2n) is 6.49. The zero-order chi connectivity index (χ0) is 14.7. The summed E-state index contributed by atoms with van der Waals surface area (Å²) in [6, 6.07) is 1.76. The van der Waals surface area contributed by atoms with Gasteiger partial charge in [-0.15, -0.1) is 0 Å². The van der Waals surface area contributed by atoms with Gasteiger partial charge in [-0.1, -0.05) is 32.3 Å². The maximum absolute atomic E-state index is 12.2. The van der Waals surface area contributed by atoms with Gasteiger partial charge in [0, 0.05) is 24.4 Å². The van der Waals surface area contributed by atoms with E-state index < -0.39 is 5.54 Å². The monoisotopic (exact) mass is 266 g/mol. The topological polar surface area (TPSA) is 69.1 Å². The average Bonchev–Trinajstić information content (AvgIpc) is 2.72. The molecule has 0 unspecified atom stereocenters. The maximum atomic E-state index is 12.2. The van der Waals surface area contributed by atoms with E-state index in [0.717, 1.165) is 25.0 Å². The summed E-state index contributed by atoms with van der Waals surface area (Å²) in [4.78, 5) is 12.2. The quantitative estimate of drug-likeness (QED) is 0.768. The summed E-state index contributed by atoms with van der Waals surface area (Å²) in [6.07, 6.45) is 3.35. The lowest BCUT2D eigenvalue weighted by Crippen LogP contribution is -2.48. The number of ketones is 1. The van der Waals surface area contributed by atoms with E-state index in [1.54, 1.807) is 6.07 Å². The van der Waals surface area contributed by atoms with E-state index in [4.69, 9.17) is 10.3 Å². The van der Waals surface area contributed by atoms with Gasteiger partial charge in [-0.3, -0.25) is 4.79 Å². The van der Waals surface area contributed by atoms with Crippen molar-refractivity contribution >= 4 is 5.78 Å².